The summed E-state index contributed by atoms with van der Waals surface area (Å²) in [4.78, 5) is 18.4. The number of rotatable bonds is 5. The molecule has 1 saturated heterocycles. The van der Waals surface area contributed by atoms with Crippen molar-refractivity contribution in [3.63, 3.8) is 0 Å². The van der Waals surface area contributed by atoms with Gasteiger partial charge < -0.3 is 15.5 Å². The molecule has 1 aromatic carbocycles. The van der Waals surface area contributed by atoms with E-state index >= 15 is 0 Å². The minimum absolute atomic E-state index is 0.177. The second-order valence-corrected chi connectivity index (χ2v) is 6.40. The van der Waals surface area contributed by atoms with E-state index in [1.54, 1.807) is 18.1 Å². The third kappa shape index (κ3) is 4.11. The molecule has 0 aliphatic carbocycles. The number of aryl methyl sites for hydroxylation is 1. The average Bonchev–Trinajstić information content (AvgIpc) is 3.17. The van der Waals surface area contributed by atoms with E-state index in [4.69, 9.17) is 0 Å². The summed E-state index contributed by atoms with van der Waals surface area (Å²) in [5.74, 6) is 1.47. The van der Waals surface area contributed by atoms with Crippen LogP contribution >= 0.6 is 0 Å². The fraction of sp³-hybridized carbons (Fsp3) is 0.471. The highest BCUT2D eigenvalue weighted by atomic mass is 16.2. The molecule has 24 heavy (non-hydrogen) atoms. The highest BCUT2D eigenvalue weighted by molar-refractivity contribution is 5.73. The van der Waals surface area contributed by atoms with Crippen LogP contribution in [0.4, 0.5) is 4.79 Å². The summed E-state index contributed by atoms with van der Waals surface area (Å²) < 4.78 is 1.62. The molecule has 2 heterocycles. The molecule has 0 bridgehead atoms. The number of nitrogens with zero attached hydrogens (tertiary/aromatic N) is 4. The molecule has 1 fully saturated rings. The Bertz CT molecular complexity index is 671. The molecule has 7 nitrogen and oxygen atoms in total. The van der Waals surface area contributed by atoms with E-state index in [9.17, 15) is 4.79 Å². The summed E-state index contributed by atoms with van der Waals surface area (Å²) in [6.45, 7) is 3.00. The van der Waals surface area contributed by atoms with Crippen molar-refractivity contribution in [3.8, 4) is 0 Å². The van der Waals surface area contributed by atoms with Gasteiger partial charge in [-0.3, -0.25) is 4.68 Å². The van der Waals surface area contributed by atoms with Gasteiger partial charge in [0.05, 0.1) is 6.54 Å². The van der Waals surface area contributed by atoms with Crippen LogP contribution in [0.15, 0.2) is 36.7 Å². The normalized spacial score (nSPS) is 20.9. The number of likely N-dealkylation sites (N-methyl/N-ethyl adjacent to an activating group) is 1. The Hall–Kier alpha value is -2.41. The number of nitrogens with one attached hydrogen (secondary N) is 2. The Morgan fingerprint density at radius 3 is 2.71 bits per heavy atom. The van der Waals surface area contributed by atoms with E-state index < -0.39 is 0 Å². The molecule has 2 atom stereocenters. The third-order valence-electron chi connectivity index (χ3n) is 4.43. The summed E-state index contributed by atoms with van der Waals surface area (Å²) in [7, 11) is 3.93. The van der Waals surface area contributed by atoms with Crippen molar-refractivity contribution in [1.82, 2.24) is 30.3 Å². The number of hydrogen-bond donors (Lipinski definition) is 2. The van der Waals surface area contributed by atoms with Gasteiger partial charge >= 0.3 is 6.03 Å². The molecule has 2 N–H and O–H groups in total. The summed E-state index contributed by atoms with van der Waals surface area (Å²) >= 11 is 0. The quantitative estimate of drug-likeness (QED) is 0.857. The number of carbonyl (C=O) groups is 1. The largest absolute Gasteiger partial charge is 0.338 e. The number of amides is 2. The lowest BCUT2D eigenvalue weighted by atomic mass is 9.89. The van der Waals surface area contributed by atoms with E-state index in [-0.39, 0.29) is 6.03 Å². The van der Waals surface area contributed by atoms with Crippen LogP contribution in [0.3, 0.4) is 0 Å². The third-order valence-corrected chi connectivity index (χ3v) is 4.43. The van der Waals surface area contributed by atoms with Crippen LogP contribution in [0.1, 0.15) is 17.3 Å². The molecule has 128 valence electrons. The van der Waals surface area contributed by atoms with Crippen LogP contribution < -0.4 is 10.6 Å². The molecule has 0 radical (unpaired) electrons. The van der Waals surface area contributed by atoms with Gasteiger partial charge in [0.15, 0.2) is 5.82 Å². The van der Waals surface area contributed by atoms with Gasteiger partial charge in [-0.1, -0.05) is 30.3 Å². The van der Waals surface area contributed by atoms with Crippen LogP contribution in [-0.2, 0) is 13.6 Å². The van der Waals surface area contributed by atoms with Crippen molar-refractivity contribution in [2.75, 3.05) is 26.7 Å². The maximum Gasteiger partial charge on any atom is 0.315 e. The molecular formula is C17H24N6O. The van der Waals surface area contributed by atoms with Crippen molar-refractivity contribution in [3.05, 3.63) is 48.0 Å². The Labute approximate surface area is 142 Å². The van der Waals surface area contributed by atoms with Gasteiger partial charge in [-0.15, -0.1) is 0 Å². The lowest BCUT2D eigenvalue weighted by Crippen LogP contribution is -2.39. The summed E-state index contributed by atoms with van der Waals surface area (Å²) in [6.07, 6.45) is 1.62. The van der Waals surface area contributed by atoms with Gasteiger partial charge in [-0.25, -0.2) is 9.78 Å². The van der Waals surface area contributed by atoms with E-state index in [1.165, 1.54) is 5.56 Å². The molecule has 1 aliphatic heterocycles. The minimum atomic E-state index is -0.177. The van der Waals surface area contributed by atoms with Gasteiger partial charge in [0, 0.05) is 32.6 Å². The number of carbonyl (C=O) groups excluding carboxylic acids is 1. The van der Waals surface area contributed by atoms with E-state index in [0.29, 0.717) is 30.7 Å². The molecule has 7 heteroatoms. The molecule has 2 aromatic rings. The highest BCUT2D eigenvalue weighted by Crippen LogP contribution is 2.31. The average molecular weight is 328 g/mol. The van der Waals surface area contributed by atoms with Gasteiger partial charge in [0.2, 0.25) is 0 Å². The second kappa shape index (κ2) is 7.44. The monoisotopic (exact) mass is 328 g/mol. The smallest absolute Gasteiger partial charge is 0.315 e. The zero-order valence-electron chi connectivity index (χ0n) is 14.1. The number of benzene rings is 1. The number of urea groups is 1. The van der Waals surface area contributed by atoms with E-state index in [0.717, 1.165) is 13.1 Å². The van der Waals surface area contributed by atoms with E-state index in [1.807, 2.05) is 6.07 Å². The topological polar surface area (TPSA) is 75.1 Å². The van der Waals surface area contributed by atoms with Crippen LogP contribution in [-0.4, -0.2) is 52.4 Å². The summed E-state index contributed by atoms with van der Waals surface area (Å²) in [5, 5.41) is 9.92. The molecule has 0 unspecified atom stereocenters. The van der Waals surface area contributed by atoms with Crippen LogP contribution in [0.25, 0.3) is 0 Å². The molecule has 2 amide bonds. The Morgan fingerprint density at radius 2 is 2.00 bits per heavy atom. The summed E-state index contributed by atoms with van der Waals surface area (Å²) in [6, 6.07) is 10.3. The van der Waals surface area contributed by atoms with Crippen LogP contribution in [0, 0.1) is 5.92 Å². The predicted octanol–water partition coefficient (Wildman–Crippen LogP) is 0.960. The standard InChI is InChI=1S/C17H24N6O/c1-22-10-14(15(11-22)13-6-4-3-5-7-13)8-18-17(24)19-9-16-20-12-23(2)21-16/h3-7,12,14-15H,8-11H2,1-2H3,(H2,18,19,24)/t14-,15+/m1/s1. The zero-order chi connectivity index (χ0) is 16.9. The number of likely N-dealkylation sites (tertiary alicyclic amines) is 1. The van der Waals surface area contributed by atoms with Gasteiger partial charge in [0.25, 0.3) is 0 Å². The first-order valence-electron chi connectivity index (χ1n) is 8.21. The van der Waals surface area contributed by atoms with Crippen molar-refractivity contribution >= 4 is 6.03 Å². The fourth-order valence-electron chi connectivity index (χ4n) is 3.28. The first-order valence-corrected chi connectivity index (χ1v) is 8.21. The van der Waals surface area contributed by atoms with Crippen molar-refractivity contribution in [1.29, 1.82) is 0 Å². The molecule has 3 rings (SSSR count). The molecule has 1 aromatic heterocycles. The lowest BCUT2D eigenvalue weighted by molar-refractivity contribution is 0.238. The number of aromatic nitrogens is 3. The first-order chi connectivity index (χ1) is 11.6. The van der Waals surface area contributed by atoms with Gasteiger partial charge in [-0.05, 0) is 18.5 Å². The Morgan fingerprint density at radius 1 is 1.21 bits per heavy atom. The van der Waals surface area contributed by atoms with Crippen molar-refractivity contribution in [2.45, 2.75) is 12.5 Å². The first kappa shape index (κ1) is 16.4. The minimum Gasteiger partial charge on any atom is -0.338 e. The van der Waals surface area contributed by atoms with Crippen LogP contribution in [0.2, 0.25) is 0 Å². The Kier molecular flexibility index (Phi) is 5.10. The van der Waals surface area contributed by atoms with Crippen molar-refractivity contribution in [2.24, 2.45) is 13.0 Å². The van der Waals surface area contributed by atoms with E-state index in [2.05, 4.69) is 56.9 Å². The number of hydrogen-bond acceptors (Lipinski definition) is 4. The molecular weight excluding hydrogens is 304 g/mol. The lowest BCUT2D eigenvalue weighted by Gasteiger charge is -2.19. The molecule has 1 aliphatic rings. The summed E-state index contributed by atoms with van der Waals surface area (Å²) in [5.41, 5.74) is 1.34. The predicted molar refractivity (Wildman–Crippen MR) is 91.4 cm³/mol. The maximum atomic E-state index is 12.0. The highest BCUT2D eigenvalue weighted by Gasteiger charge is 2.31. The zero-order valence-corrected chi connectivity index (χ0v) is 14.1. The Balaban J connectivity index is 1.50. The molecule has 0 spiro atoms. The van der Waals surface area contributed by atoms with Crippen molar-refractivity contribution < 1.29 is 4.79 Å². The second-order valence-electron chi connectivity index (χ2n) is 6.40. The fourth-order valence-corrected chi connectivity index (χ4v) is 3.28. The maximum absolute atomic E-state index is 12.0. The SMILES string of the molecule is CN1C[C@@H](CNC(=O)NCc2ncn(C)n2)[C@H](c2ccccc2)C1. The van der Waals surface area contributed by atoms with Gasteiger partial charge in [-0.2, -0.15) is 5.10 Å². The van der Waals surface area contributed by atoms with Crippen LogP contribution in [0.5, 0.6) is 0 Å². The molecule has 0 saturated carbocycles. The van der Waals surface area contributed by atoms with Gasteiger partial charge in [0.1, 0.15) is 6.33 Å².